The monoisotopic (exact) mass is 186 g/mol. The van der Waals surface area contributed by atoms with Gasteiger partial charge >= 0.3 is 0 Å². The second kappa shape index (κ2) is 3.15. The fraction of sp³-hybridized carbons (Fsp3) is 0.385. The van der Waals surface area contributed by atoms with Gasteiger partial charge in [-0.1, -0.05) is 36.3 Å². The second-order valence-electron chi connectivity index (χ2n) is 3.97. The van der Waals surface area contributed by atoms with Crippen LogP contribution in [0.25, 0.3) is 0 Å². The molecule has 3 atom stereocenters. The Kier molecular flexibility index (Phi) is 2.09. The summed E-state index contributed by atoms with van der Waals surface area (Å²) in [6, 6.07) is 10.3. The van der Waals surface area contributed by atoms with Gasteiger partial charge in [0.15, 0.2) is 0 Å². The number of rotatable bonds is 2. The van der Waals surface area contributed by atoms with Crippen LogP contribution < -0.4 is 0 Å². The predicted molar refractivity (Wildman–Crippen MR) is 56.9 cm³/mol. The maximum Gasteiger partial charge on any atom is 0.0824 e. The Morgan fingerprint density at radius 1 is 1.36 bits per heavy atom. The van der Waals surface area contributed by atoms with Gasteiger partial charge in [-0.05, 0) is 12.5 Å². The summed E-state index contributed by atoms with van der Waals surface area (Å²) >= 11 is 0. The van der Waals surface area contributed by atoms with Gasteiger partial charge in [-0.25, -0.2) is 0 Å². The summed E-state index contributed by atoms with van der Waals surface area (Å²) < 4.78 is 5.39. The highest BCUT2D eigenvalue weighted by Gasteiger charge is 2.61. The third-order valence-electron chi connectivity index (χ3n) is 3.15. The number of hydrogen-bond donors (Lipinski definition) is 0. The minimum Gasteiger partial charge on any atom is -0.379 e. The summed E-state index contributed by atoms with van der Waals surface area (Å²) in [5.74, 6) is 3.20. The van der Waals surface area contributed by atoms with Crippen LogP contribution in [0.15, 0.2) is 30.3 Å². The quantitative estimate of drug-likeness (QED) is 0.645. The molecule has 1 aliphatic carbocycles. The van der Waals surface area contributed by atoms with Crippen molar-refractivity contribution in [3.63, 3.8) is 0 Å². The highest BCUT2D eigenvalue weighted by Crippen LogP contribution is 2.60. The third-order valence-corrected chi connectivity index (χ3v) is 3.15. The molecule has 0 aliphatic heterocycles. The molecule has 1 heteroatoms. The minimum atomic E-state index is -0.115. The number of methoxy groups -OCH3 is 1. The normalized spacial score (nSPS) is 34.9. The van der Waals surface area contributed by atoms with Crippen molar-refractivity contribution in [2.75, 3.05) is 7.11 Å². The molecule has 0 saturated heterocycles. The van der Waals surface area contributed by atoms with Crippen molar-refractivity contribution in [1.82, 2.24) is 0 Å². The smallest absolute Gasteiger partial charge is 0.0824 e. The lowest BCUT2D eigenvalue weighted by Gasteiger charge is -2.00. The van der Waals surface area contributed by atoms with Crippen molar-refractivity contribution in [3.8, 4) is 12.3 Å². The molecule has 0 aromatic heterocycles. The van der Waals surface area contributed by atoms with Gasteiger partial charge in [0, 0.05) is 13.0 Å². The van der Waals surface area contributed by atoms with E-state index in [1.54, 1.807) is 7.11 Å². The molecular weight excluding hydrogens is 172 g/mol. The standard InChI is InChI=1S/C13H14O/c1-4-13(2)11(12(13)14-3)10-8-6-5-7-9-10/h1,5-9,11-12H,2-3H3/t11-,12+,13+/m1/s1. The molecule has 0 spiro atoms. The molecule has 0 amide bonds. The Hall–Kier alpha value is -1.26. The predicted octanol–water partition coefficient (Wildman–Crippen LogP) is 2.44. The van der Waals surface area contributed by atoms with Gasteiger partial charge in [0.2, 0.25) is 0 Å². The average Bonchev–Trinajstić information content (AvgIpc) is 2.86. The van der Waals surface area contributed by atoms with Crippen LogP contribution in [0.2, 0.25) is 0 Å². The fourth-order valence-electron chi connectivity index (χ4n) is 2.21. The van der Waals surface area contributed by atoms with E-state index in [2.05, 4.69) is 25.0 Å². The molecule has 0 unspecified atom stereocenters. The molecule has 1 saturated carbocycles. The second-order valence-corrected chi connectivity index (χ2v) is 3.97. The Morgan fingerprint density at radius 3 is 2.43 bits per heavy atom. The summed E-state index contributed by atoms with van der Waals surface area (Å²) in [5, 5.41) is 0. The number of hydrogen-bond acceptors (Lipinski definition) is 1. The molecule has 1 aromatic rings. The van der Waals surface area contributed by atoms with Crippen molar-refractivity contribution >= 4 is 0 Å². The lowest BCUT2D eigenvalue weighted by molar-refractivity contribution is 0.158. The first kappa shape index (κ1) is 9.30. The van der Waals surface area contributed by atoms with Gasteiger partial charge in [-0.2, -0.15) is 0 Å². The fourth-order valence-corrected chi connectivity index (χ4v) is 2.21. The van der Waals surface area contributed by atoms with Crippen LogP contribution in [0.4, 0.5) is 0 Å². The molecule has 2 rings (SSSR count). The summed E-state index contributed by atoms with van der Waals surface area (Å²) in [7, 11) is 1.73. The first-order valence-electron chi connectivity index (χ1n) is 4.79. The number of ether oxygens (including phenoxy) is 1. The molecule has 1 nitrogen and oxygen atoms in total. The van der Waals surface area contributed by atoms with Gasteiger partial charge in [-0.3, -0.25) is 0 Å². The molecule has 0 bridgehead atoms. The summed E-state index contributed by atoms with van der Waals surface area (Å²) in [5.41, 5.74) is 1.16. The van der Waals surface area contributed by atoms with Gasteiger partial charge < -0.3 is 4.74 Å². The lowest BCUT2D eigenvalue weighted by Crippen LogP contribution is -1.98. The molecule has 1 fully saturated rings. The Labute approximate surface area is 85.1 Å². The van der Waals surface area contributed by atoms with Crippen LogP contribution in [0.5, 0.6) is 0 Å². The van der Waals surface area contributed by atoms with E-state index in [0.717, 1.165) is 0 Å². The zero-order chi connectivity index (χ0) is 10.2. The Morgan fingerprint density at radius 2 is 2.00 bits per heavy atom. The van der Waals surface area contributed by atoms with Crippen LogP contribution in [0.1, 0.15) is 18.4 Å². The van der Waals surface area contributed by atoms with E-state index in [-0.39, 0.29) is 11.5 Å². The maximum absolute atomic E-state index is 5.53. The minimum absolute atomic E-state index is 0.115. The number of benzene rings is 1. The summed E-state index contributed by atoms with van der Waals surface area (Å²) in [4.78, 5) is 0. The largest absolute Gasteiger partial charge is 0.379 e. The van der Waals surface area contributed by atoms with E-state index in [1.165, 1.54) is 5.56 Å². The van der Waals surface area contributed by atoms with Crippen LogP contribution in [0.3, 0.4) is 0 Å². The van der Waals surface area contributed by atoms with E-state index >= 15 is 0 Å². The highest BCUT2D eigenvalue weighted by atomic mass is 16.5. The summed E-state index contributed by atoms with van der Waals surface area (Å²) in [6.07, 6.45) is 5.71. The molecular formula is C13H14O. The molecule has 1 aliphatic rings. The zero-order valence-electron chi connectivity index (χ0n) is 8.53. The maximum atomic E-state index is 5.53. The van der Waals surface area contributed by atoms with Gasteiger partial charge in [0.1, 0.15) is 0 Å². The first-order chi connectivity index (χ1) is 6.74. The lowest BCUT2D eigenvalue weighted by atomic mass is 10.0. The van der Waals surface area contributed by atoms with Gasteiger partial charge in [0.05, 0.1) is 11.5 Å². The molecule has 14 heavy (non-hydrogen) atoms. The van der Waals surface area contributed by atoms with Gasteiger partial charge in [-0.15, -0.1) is 6.42 Å². The molecule has 0 heterocycles. The van der Waals surface area contributed by atoms with Crippen molar-refractivity contribution in [3.05, 3.63) is 35.9 Å². The van der Waals surface area contributed by atoms with Gasteiger partial charge in [0.25, 0.3) is 0 Å². The van der Waals surface area contributed by atoms with Crippen LogP contribution >= 0.6 is 0 Å². The molecule has 0 radical (unpaired) electrons. The Balaban J connectivity index is 2.28. The molecule has 72 valence electrons. The van der Waals surface area contributed by atoms with Crippen molar-refractivity contribution < 1.29 is 4.74 Å². The van der Waals surface area contributed by atoms with Crippen molar-refractivity contribution in [1.29, 1.82) is 0 Å². The van der Waals surface area contributed by atoms with E-state index in [9.17, 15) is 0 Å². The first-order valence-corrected chi connectivity index (χ1v) is 4.79. The van der Waals surface area contributed by atoms with E-state index in [0.29, 0.717) is 5.92 Å². The zero-order valence-corrected chi connectivity index (χ0v) is 8.53. The topological polar surface area (TPSA) is 9.23 Å². The van der Waals surface area contributed by atoms with Crippen LogP contribution in [-0.2, 0) is 4.74 Å². The average molecular weight is 186 g/mol. The van der Waals surface area contributed by atoms with E-state index < -0.39 is 0 Å². The van der Waals surface area contributed by atoms with Crippen LogP contribution in [-0.4, -0.2) is 13.2 Å². The van der Waals surface area contributed by atoms with Crippen molar-refractivity contribution in [2.45, 2.75) is 18.9 Å². The number of terminal acetylenes is 1. The van der Waals surface area contributed by atoms with E-state index in [4.69, 9.17) is 11.2 Å². The van der Waals surface area contributed by atoms with Crippen LogP contribution in [0, 0.1) is 17.8 Å². The third kappa shape index (κ3) is 1.15. The SMILES string of the molecule is C#C[C@@]1(C)[C@H](c2ccccc2)[C@@H]1OC. The molecule has 1 aromatic carbocycles. The Bertz CT molecular complexity index is 363. The summed E-state index contributed by atoms with van der Waals surface area (Å²) in [6.45, 7) is 2.08. The molecule has 0 N–H and O–H groups in total. The highest BCUT2D eigenvalue weighted by molar-refractivity contribution is 5.40. The van der Waals surface area contributed by atoms with Crippen molar-refractivity contribution in [2.24, 2.45) is 5.41 Å². The van der Waals surface area contributed by atoms with E-state index in [1.807, 2.05) is 18.2 Å².